The highest BCUT2D eigenvalue weighted by Gasteiger charge is 2.12. The maximum Gasteiger partial charge on any atom is 0.256 e. The van der Waals surface area contributed by atoms with Gasteiger partial charge in [-0.2, -0.15) is 0 Å². The lowest BCUT2D eigenvalue weighted by Crippen LogP contribution is -2.12. The number of hydrogen-bond donors (Lipinski definition) is 1. The Morgan fingerprint density at radius 3 is 1.93 bits per heavy atom. The normalized spacial score (nSPS) is 10.6. The summed E-state index contributed by atoms with van der Waals surface area (Å²) < 4.78 is 5.77. The van der Waals surface area contributed by atoms with Gasteiger partial charge in [0, 0.05) is 22.9 Å². The van der Waals surface area contributed by atoms with Gasteiger partial charge in [-0.05, 0) is 61.9 Å². The summed E-state index contributed by atoms with van der Waals surface area (Å²) in [5.41, 5.74) is 4.33. The third-order valence-electron chi connectivity index (χ3n) is 4.27. The first-order valence-corrected chi connectivity index (χ1v) is 8.83. The number of benzene rings is 2. The number of carbonyl (C=O) groups excluding carboxylic acids is 1. The molecule has 0 spiro atoms. The largest absolute Gasteiger partial charge is 0.416 e. The fraction of sp³-hybridized carbons (Fsp3) is 0.0909. The smallest absolute Gasteiger partial charge is 0.256 e. The number of amides is 1. The fourth-order valence-electron chi connectivity index (χ4n) is 2.65. The lowest BCUT2D eigenvalue weighted by molar-refractivity contribution is 0.102. The number of aromatic nitrogens is 3. The monoisotopic (exact) mass is 370 g/mol. The third kappa shape index (κ3) is 3.81. The van der Waals surface area contributed by atoms with Crippen molar-refractivity contribution in [3.8, 4) is 22.9 Å². The molecule has 0 aliphatic rings. The van der Waals surface area contributed by atoms with E-state index in [9.17, 15) is 4.79 Å². The second-order valence-electron chi connectivity index (χ2n) is 6.53. The van der Waals surface area contributed by atoms with Crippen LogP contribution >= 0.6 is 0 Å². The summed E-state index contributed by atoms with van der Waals surface area (Å²) in [5, 5.41) is 11.0. The number of aryl methyl sites for hydroxylation is 2. The number of pyridine rings is 1. The first kappa shape index (κ1) is 17.6. The second kappa shape index (κ2) is 7.44. The fourth-order valence-corrected chi connectivity index (χ4v) is 2.65. The Morgan fingerprint density at radius 1 is 0.786 bits per heavy atom. The van der Waals surface area contributed by atoms with E-state index < -0.39 is 0 Å². The molecule has 2 heterocycles. The van der Waals surface area contributed by atoms with Crippen LogP contribution in [0.15, 0.2) is 71.3 Å². The summed E-state index contributed by atoms with van der Waals surface area (Å²) >= 11 is 0. The molecule has 0 aliphatic heterocycles. The molecule has 138 valence electrons. The molecule has 0 saturated heterocycles. The minimum Gasteiger partial charge on any atom is -0.416 e. The summed E-state index contributed by atoms with van der Waals surface area (Å²) in [6.07, 6.45) is 1.71. The molecule has 28 heavy (non-hydrogen) atoms. The number of anilines is 1. The van der Waals surface area contributed by atoms with Crippen molar-refractivity contribution in [1.82, 2.24) is 15.2 Å². The summed E-state index contributed by atoms with van der Waals surface area (Å²) in [7, 11) is 0. The van der Waals surface area contributed by atoms with Crippen LogP contribution in [0.5, 0.6) is 0 Å². The molecule has 1 N–H and O–H groups in total. The molecule has 4 aromatic rings. The molecular weight excluding hydrogens is 352 g/mol. The highest BCUT2D eigenvalue weighted by atomic mass is 16.4. The molecule has 0 radical (unpaired) electrons. The molecule has 2 aromatic carbocycles. The van der Waals surface area contributed by atoms with Gasteiger partial charge in [-0.1, -0.05) is 23.8 Å². The van der Waals surface area contributed by atoms with Crippen LogP contribution in [0.25, 0.3) is 22.9 Å². The maximum atomic E-state index is 12.4. The highest BCUT2D eigenvalue weighted by Crippen LogP contribution is 2.24. The van der Waals surface area contributed by atoms with Crippen LogP contribution in [0, 0.1) is 13.8 Å². The van der Waals surface area contributed by atoms with E-state index in [0.717, 1.165) is 22.3 Å². The quantitative estimate of drug-likeness (QED) is 0.565. The van der Waals surface area contributed by atoms with Gasteiger partial charge in [-0.3, -0.25) is 4.79 Å². The zero-order valence-corrected chi connectivity index (χ0v) is 15.5. The molecule has 6 nitrogen and oxygen atoms in total. The standard InChI is InChI=1S/C22H18N4O2/c1-14-3-6-17(7-4-14)21-25-26-22(28-21)18-10-8-16(9-11-18)20(27)24-19-12-5-15(2)13-23-19/h3-13H,1-2H3,(H,23,24,27). The molecule has 6 heteroatoms. The average molecular weight is 370 g/mol. The zero-order chi connectivity index (χ0) is 19.5. The van der Waals surface area contributed by atoms with Gasteiger partial charge in [0.05, 0.1) is 0 Å². The van der Waals surface area contributed by atoms with E-state index in [1.54, 1.807) is 36.5 Å². The predicted octanol–water partition coefficient (Wildman–Crippen LogP) is 4.67. The number of rotatable bonds is 4. The molecule has 0 bridgehead atoms. The van der Waals surface area contributed by atoms with Crippen LogP contribution < -0.4 is 5.32 Å². The van der Waals surface area contributed by atoms with Gasteiger partial charge >= 0.3 is 0 Å². The first-order valence-electron chi connectivity index (χ1n) is 8.83. The Balaban J connectivity index is 1.49. The molecule has 0 aliphatic carbocycles. The minimum absolute atomic E-state index is 0.228. The van der Waals surface area contributed by atoms with Gasteiger partial charge in [0.2, 0.25) is 11.8 Å². The van der Waals surface area contributed by atoms with E-state index in [2.05, 4.69) is 20.5 Å². The van der Waals surface area contributed by atoms with E-state index in [-0.39, 0.29) is 5.91 Å². The Bertz CT molecular complexity index is 1100. The number of hydrogen-bond acceptors (Lipinski definition) is 5. The lowest BCUT2D eigenvalue weighted by atomic mass is 10.1. The predicted molar refractivity (Wildman–Crippen MR) is 107 cm³/mol. The Labute approximate surface area is 162 Å². The Morgan fingerprint density at radius 2 is 1.36 bits per heavy atom. The maximum absolute atomic E-state index is 12.4. The van der Waals surface area contributed by atoms with Crippen LogP contribution in [0.1, 0.15) is 21.5 Å². The molecular formula is C22H18N4O2. The Hall–Kier alpha value is -3.80. The van der Waals surface area contributed by atoms with Crippen molar-refractivity contribution in [1.29, 1.82) is 0 Å². The summed E-state index contributed by atoms with van der Waals surface area (Å²) in [4.78, 5) is 16.5. The van der Waals surface area contributed by atoms with Crippen molar-refractivity contribution in [3.05, 3.63) is 83.6 Å². The van der Waals surface area contributed by atoms with Crippen molar-refractivity contribution in [2.45, 2.75) is 13.8 Å². The minimum atomic E-state index is -0.228. The van der Waals surface area contributed by atoms with Crippen molar-refractivity contribution in [2.24, 2.45) is 0 Å². The van der Waals surface area contributed by atoms with E-state index in [1.165, 1.54) is 0 Å². The second-order valence-corrected chi connectivity index (χ2v) is 6.53. The molecule has 0 fully saturated rings. The Kier molecular flexibility index (Phi) is 4.68. The van der Waals surface area contributed by atoms with Crippen molar-refractivity contribution in [3.63, 3.8) is 0 Å². The van der Waals surface area contributed by atoms with Crippen molar-refractivity contribution >= 4 is 11.7 Å². The SMILES string of the molecule is Cc1ccc(-c2nnc(-c3ccc(C(=O)Nc4ccc(C)cn4)cc3)o2)cc1. The van der Waals surface area contributed by atoms with Gasteiger partial charge in [0.25, 0.3) is 5.91 Å². The summed E-state index contributed by atoms with van der Waals surface area (Å²) in [6, 6.07) is 18.5. The molecule has 4 rings (SSSR count). The van der Waals surface area contributed by atoms with Gasteiger partial charge in [0.1, 0.15) is 5.82 Å². The highest BCUT2D eigenvalue weighted by molar-refractivity contribution is 6.03. The van der Waals surface area contributed by atoms with Crippen molar-refractivity contribution in [2.75, 3.05) is 5.32 Å². The summed E-state index contributed by atoms with van der Waals surface area (Å²) in [5.74, 6) is 1.15. The summed E-state index contributed by atoms with van der Waals surface area (Å²) in [6.45, 7) is 3.97. The molecule has 0 unspecified atom stereocenters. The van der Waals surface area contributed by atoms with Crippen LogP contribution in [0.4, 0.5) is 5.82 Å². The number of nitrogens with zero attached hydrogens (tertiary/aromatic N) is 3. The average Bonchev–Trinajstić information content (AvgIpc) is 3.20. The van der Waals surface area contributed by atoms with Gasteiger partial charge in [-0.15, -0.1) is 10.2 Å². The van der Waals surface area contributed by atoms with E-state index in [4.69, 9.17) is 4.42 Å². The third-order valence-corrected chi connectivity index (χ3v) is 4.27. The molecule has 1 amide bonds. The van der Waals surface area contributed by atoms with E-state index in [0.29, 0.717) is 23.2 Å². The van der Waals surface area contributed by atoms with E-state index >= 15 is 0 Å². The number of nitrogens with one attached hydrogen (secondary N) is 1. The van der Waals surface area contributed by atoms with Crippen molar-refractivity contribution < 1.29 is 9.21 Å². The van der Waals surface area contributed by atoms with Crippen LogP contribution in [-0.2, 0) is 0 Å². The van der Waals surface area contributed by atoms with Crippen LogP contribution in [-0.4, -0.2) is 21.1 Å². The topological polar surface area (TPSA) is 80.9 Å². The van der Waals surface area contributed by atoms with Crippen LogP contribution in [0.3, 0.4) is 0 Å². The first-order chi connectivity index (χ1) is 13.6. The van der Waals surface area contributed by atoms with Gasteiger partial charge < -0.3 is 9.73 Å². The molecule has 0 atom stereocenters. The van der Waals surface area contributed by atoms with E-state index in [1.807, 2.05) is 44.2 Å². The number of carbonyl (C=O) groups is 1. The van der Waals surface area contributed by atoms with Crippen LogP contribution in [0.2, 0.25) is 0 Å². The molecule has 2 aromatic heterocycles. The lowest BCUT2D eigenvalue weighted by Gasteiger charge is -2.05. The van der Waals surface area contributed by atoms with Gasteiger partial charge in [0.15, 0.2) is 0 Å². The molecule has 0 saturated carbocycles. The zero-order valence-electron chi connectivity index (χ0n) is 15.5. The van der Waals surface area contributed by atoms with Gasteiger partial charge in [-0.25, -0.2) is 4.98 Å².